The van der Waals surface area contributed by atoms with Crippen LogP contribution in [0.5, 0.6) is 0 Å². The highest BCUT2D eigenvalue weighted by molar-refractivity contribution is 5.95. The molecule has 2 aromatic carbocycles. The van der Waals surface area contributed by atoms with E-state index in [1.165, 1.54) is 0 Å². The molecule has 0 aliphatic rings. The van der Waals surface area contributed by atoms with Crippen molar-refractivity contribution in [2.45, 2.75) is 19.9 Å². The van der Waals surface area contributed by atoms with E-state index in [0.717, 1.165) is 28.9 Å². The summed E-state index contributed by atoms with van der Waals surface area (Å²) in [5, 5.41) is 4.61. The molecule has 0 spiro atoms. The van der Waals surface area contributed by atoms with E-state index in [4.69, 9.17) is 0 Å². The van der Waals surface area contributed by atoms with Gasteiger partial charge in [0.25, 0.3) is 0 Å². The Balaban J connectivity index is 1.88. The molecular formula is C19H18N2O. The largest absolute Gasteiger partial charge is 0.292 e. The van der Waals surface area contributed by atoms with E-state index < -0.39 is 0 Å². The maximum Gasteiger partial charge on any atom is 0.184 e. The van der Waals surface area contributed by atoms with Crippen LogP contribution in [0.2, 0.25) is 0 Å². The van der Waals surface area contributed by atoms with Crippen LogP contribution in [0.3, 0.4) is 0 Å². The van der Waals surface area contributed by atoms with Gasteiger partial charge in [-0.2, -0.15) is 5.10 Å². The van der Waals surface area contributed by atoms with E-state index in [1.807, 2.05) is 65.3 Å². The lowest BCUT2D eigenvalue weighted by molar-refractivity contribution is 0.0966. The minimum absolute atomic E-state index is 0.0815. The maximum atomic E-state index is 12.4. The molecule has 0 N–H and O–H groups in total. The topological polar surface area (TPSA) is 34.9 Å². The average Bonchev–Trinajstić information content (AvgIpc) is 2.99. The zero-order valence-electron chi connectivity index (χ0n) is 12.6. The third-order valence-corrected chi connectivity index (χ3v) is 3.68. The number of benzene rings is 2. The molecule has 22 heavy (non-hydrogen) atoms. The van der Waals surface area contributed by atoms with E-state index in [-0.39, 0.29) is 12.3 Å². The second-order valence-corrected chi connectivity index (χ2v) is 5.19. The highest BCUT2D eigenvalue weighted by atomic mass is 16.1. The SMILES string of the molecule is CCc1cc(-c2ccccc2)nn1CC(=O)c1ccccc1. The van der Waals surface area contributed by atoms with Crippen LogP contribution in [0.15, 0.2) is 66.7 Å². The van der Waals surface area contributed by atoms with Crippen LogP contribution < -0.4 is 0 Å². The fourth-order valence-electron chi connectivity index (χ4n) is 2.48. The molecule has 0 radical (unpaired) electrons. The number of ketones is 1. The van der Waals surface area contributed by atoms with Gasteiger partial charge in [0.1, 0.15) is 6.54 Å². The van der Waals surface area contributed by atoms with E-state index in [1.54, 1.807) is 0 Å². The van der Waals surface area contributed by atoms with Crippen LogP contribution in [0.4, 0.5) is 0 Å². The molecule has 3 rings (SSSR count). The monoisotopic (exact) mass is 290 g/mol. The fraction of sp³-hybridized carbons (Fsp3) is 0.158. The van der Waals surface area contributed by atoms with Crippen molar-refractivity contribution in [2.24, 2.45) is 0 Å². The molecule has 0 amide bonds. The van der Waals surface area contributed by atoms with E-state index in [0.29, 0.717) is 0 Å². The van der Waals surface area contributed by atoms with Crippen molar-refractivity contribution in [2.75, 3.05) is 0 Å². The number of carbonyl (C=O) groups excluding carboxylic acids is 1. The highest BCUT2D eigenvalue weighted by Crippen LogP contribution is 2.19. The molecule has 0 aliphatic heterocycles. The quantitative estimate of drug-likeness (QED) is 0.666. The fourth-order valence-corrected chi connectivity index (χ4v) is 2.48. The Kier molecular flexibility index (Phi) is 4.15. The molecule has 0 unspecified atom stereocenters. The van der Waals surface area contributed by atoms with Crippen LogP contribution in [0, 0.1) is 0 Å². The molecular weight excluding hydrogens is 272 g/mol. The molecule has 0 aliphatic carbocycles. The van der Waals surface area contributed by atoms with Gasteiger partial charge in [-0.15, -0.1) is 0 Å². The molecule has 0 saturated heterocycles. The van der Waals surface area contributed by atoms with Gasteiger partial charge >= 0.3 is 0 Å². The van der Waals surface area contributed by atoms with Gasteiger partial charge in [0, 0.05) is 16.8 Å². The standard InChI is InChI=1S/C19H18N2O/c1-2-17-13-18(15-9-5-3-6-10-15)20-21(17)14-19(22)16-11-7-4-8-12-16/h3-13H,2,14H2,1H3. The number of hydrogen-bond acceptors (Lipinski definition) is 2. The second-order valence-electron chi connectivity index (χ2n) is 5.19. The van der Waals surface area contributed by atoms with Crippen LogP contribution >= 0.6 is 0 Å². The summed E-state index contributed by atoms with van der Waals surface area (Å²) in [6.45, 7) is 2.36. The van der Waals surface area contributed by atoms with Crippen molar-refractivity contribution in [1.29, 1.82) is 0 Å². The number of nitrogens with zero attached hydrogens (tertiary/aromatic N) is 2. The van der Waals surface area contributed by atoms with Gasteiger partial charge in [-0.05, 0) is 12.5 Å². The predicted octanol–water partition coefficient (Wildman–Crippen LogP) is 4.00. The molecule has 3 aromatic rings. The van der Waals surface area contributed by atoms with E-state index in [9.17, 15) is 4.79 Å². The second kappa shape index (κ2) is 6.39. The Morgan fingerprint density at radius 3 is 2.27 bits per heavy atom. The molecule has 110 valence electrons. The lowest BCUT2D eigenvalue weighted by Gasteiger charge is -2.05. The average molecular weight is 290 g/mol. The van der Waals surface area contributed by atoms with E-state index >= 15 is 0 Å². The summed E-state index contributed by atoms with van der Waals surface area (Å²) in [5.41, 5.74) is 3.78. The summed E-state index contributed by atoms with van der Waals surface area (Å²) in [5.74, 6) is 0.0815. The molecule has 3 nitrogen and oxygen atoms in total. The lowest BCUT2D eigenvalue weighted by Crippen LogP contribution is -2.13. The molecule has 0 fully saturated rings. The van der Waals surface area contributed by atoms with Gasteiger partial charge in [0.2, 0.25) is 0 Å². The zero-order chi connectivity index (χ0) is 15.4. The molecule has 1 heterocycles. The van der Waals surface area contributed by atoms with Gasteiger partial charge in [-0.1, -0.05) is 67.6 Å². The predicted molar refractivity (Wildman–Crippen MR) is 87.8 cm³/mol. The Labute approximate surface area is 130 Å². The smallest absolute Gasteiger partial charge is 0.184 e. The summed E-state index contributed by atoms with van der Waals surface area (Å²) in [6.07, 6.45) is 0.849. The number of aryl methyl sites for hydroxylation is 1. The third-order valence-electron chi connectivity index (χ3n) is 3.68. The Hall–Kier alpha value is -2.68. The Morgan fingerprint density at radius 2 is 1.64 bits per heavy atom. The zero-order valence-corrected chi connectivity index (χ0v) is 12.6. The van der Waals surface area contributed by atoms with Crippen LogP contribution in [-0.4, -0.2) is 15.6 Å². The van der Waals surface area contributed by atoms with Crippen LogP contribution in [0.1, 0.15) is 23.0 Å². The lowest BCUT2D eigenvalue weighted by atomic mass is 10.1. The van der Waals surface area contributed by atoms with Crippen LogP contribution in [0.25, 0.3) is 11.3 Å². The molecule has 1 aromatic heterocycles. The number of hydrogen-bond donors (Lipinski definition) is 0. The first kappa shape index (κ1) is 14.3. The Bertz CT molecular complexity index is 761. The number of carbonyl (C=O) groups is 1. The minimum atomic E-state index is 0.0815. The maximum absolute atomic E-state index is 12.4. The van der Waals surface area contributed by atoms with Gasteiger partial charge in [0.15, 0.2) is 5.78 Å². The first-order chi connectivity index (χ1) is 10.8. The molecule has 3 heteroatoms. The van der Waals surface area contributed by atoms with Crippen molar-refractivity contribution < 1.29 is 4.79 Å². The van der Waals surface area contributed by atoms with Crippen molar-refractivity contribution in [3.8, 4) is 11.3 Å². The summed E-state index contributed by atoms with van der Waals surface area (Å²) >= 11 is 0. The minimum Gasteiger partial charge on any atom is -0.292 e. The highest BCUT2D eigenvalue weighted by Gasteiger charge is 2.12. The third kappa shape index (κ3) is 2.98. The summed E-state index contributed by atoms with van der Waals surface area (Å²) in [7, 11) is 0. The normalized spacial score (nSPS) is 10.6. The van der Waals surface area contributed by atoms with Crippen molar-refractivity contribution in [1.82, 2.24) is 9.78 Å². The first-order valence-electron chi connectivity index (χ1n) is 7.48. The molecule has 0 atom stereocenters. The number of Topliss-reactive ketones (excluding diaryl/α,β-unsaturated/α-hetero) is 1. The van der Waals surface area contributed by atoms with E-state index in [2.05, 4.69) is 18.1 Å². The summed E-state index contributed by atoms with van der Waals surface area (Å²) in [4.78, 5) is 12.4. The van der Waals surface area contributed by atoms with Crippen molar-refractivity contribution in [3.63, 3.8) is 0 Å². The summed E-state index contributed by atoms with van der Waals surface area (Å²) in [6, 6.07) is 21.5. The number of aromatic nitrogens is 2. The molecule has 0 bridgehead atoms. The van der Waals surface area contributed by atoms with Gasteiger partial charge in [-0.25, -0.2) is 0 Å². The first-order valence-corrected chi connectivity index (χ1v) is 7.48. The van der Waals surface area contributed by atoms with Crippen LogP contribution in [-0.2, 0) is 13.0 Å². The summed E-state index contributed by atoms with van der Waals surface area (Å²) < 4.78 is 1.82. The van der Waals surface area contributed by atoms with Gasteiger partial charge in [-0.3, -0.25) is 9.48 Å². The van der Waals surface area contributed by atoms with Gasteiger partial charge < -0.3 is 0 Å². The van der Waals surface area contributed by atoms with Crippen molar-refractivity contribution in [3.05, 3.63) is 78.0 Å². The van der Waals surface area contributed by atoms with Crippen molar-refractivity contribution >= 4 is 5.78 Å². The van der Waals surface area contributed by atoms with Gasteiger partial charge in [0.05, 0.1) is 5.69 Å². The number of rotatable bonds is 5. The molecule has 0 saturated carbocycles. The Morgan fingerprint density at radius 1 is 1.00 bits per heavy atom.